The van der Waals surface area contributed by atoms with Crippen molar-refractivity contribution in [2.45, 2.75) is 18.9 Å². The van der Waals surface area contributed by atoms with Crippen molar-refractivity contribution >= 4 is 21.8 Å². The zero-order chi connectivity index (χ0) is 14.9. The first kappa shape index (κ1) is 15.1. The van der Waals surface area contributed by atoms with E-state index in [1.807, 2.05) is 6.92 Å². The Labute approximate surface area is 126 Å². The van der Waals surface area contributed by atoms with Crippen LogP contribution < -0.4 is 9.47 Å². The van der Waals surface area contributed by atoms with Gasteiger partial charge in [0, 0.05) is 0 Å². The molecule has 0 saturated carbocycles. The summed E-state index contributed by atoms with van der Waals surface area (Å²) < 4.78 is 11.1. The molecule has 1 aromatic carbocycles. The van der Waals surface area contributed by atoms with Crippen molar-refractivity contribution < 1.29 is 19.4 Å². The number of carbonyl (C=O) groups excluding carboxylic acids is 1. The molecule has 1 fully saturated rings. The number of methoxy groups -OCH3 is 2. The molecule has 0 spiro atoms. The molecule has 1 heterocycles. The maximum atomic E-state index is 12.5. The second kappa shape index (κ2) is 5.61. The van der Waals surface area contributed by atoms with E-state index in [0.29, 0.717) is 41.0 Å². The molecule has 1 saturated heterocycles. The number of aliphatic hydroxyl groups is 1. The van der Waals surface area contributed by atoms with Crippen LogP contribution in [0.25, 0.3) is 0 Å². The lowest BCUT2D eigenvalue weighted by Gasteiger charge is -2.46. The minimum Gasteiger partial charge on any atom is -0.497 e. The van der Waals surface area contributed by atoms with E-state index < -0.39 is 5.60 Å². The highest BCUT2D eigenvalue weighted by atomic mass is 79.9. The maximum Gasteiger partial charge on any atom is 0.258 e. The highest BCUT2D eigenvalue weighted by Gasteiger charge is 2.43. The van der Waals surface area contributed by atoms with Gasteiger partial charge < -0.3 is 19.5 Å². The predicted octanol–water partition coefficient (Wildman–Crippen LogP) is 2.06. The second-order valence-corrected chi connectivity index (χ2v) is 5.78. The number of hydrogen-bond acceptors (Lipinski definition) is 4. The molecule has 1 aromatic rings. The van der Waals surface area contributed by atoms with Crippen LogP contribution in [0.2, 0.25) is 0 Å². The summed E-state index contributed by atoms with van der Waals surface area (Å²) in [5, 5.41) is 10.0. The average Bonchev–Trinajstić information content (AvgIpc) is 2.42. The molecule has 0 bridgehead atoms. The van der Waals surface area contributed by atoms with Gasteiger partial charge in [-0.2, -0.15) is 0 Å². The fourth-order valence-electron chi connectivity index (χ4n) is 2.25. The molecule has 0 atom stereocenters. The number of carbonyl (C=O) groups is 1. The zero-order valence-corrected chi connectivity index (χ0v) is 13.4. The van der Waals surface area contributed by atoms with Gasteiger partial charge in [-0.3, -0.25) is 4.79 Å². The minimum absolute atomic E-state index is 0.167. The molecule has 1 aliphatic heterocycles. The predicted molar refractivity (Wildman–Crippen MR) is 78.4 cm³/mol. The third-order valence-corrected chi connectivity index (χ3v) is 4.19. The largest absolute Gasteiger partial charge is 0.497 e. The number of β-amino-alcohol motifs (C(OH)–C–C–N with tert-alkyl or cyclic N) is 1. The Kier molecular flexibility index (Phi) is 4.25. The number of halogens is 1. The number of rotatable bonds is 4. The Bertz CT molecular complexity index is 526. The SMILES string of the molecule is CCC1(O)CN(C(=O)c2cc(OC)cc(Br)c2OC)C1. The third kappa shape index (κ3) is 2.62. The van der Waals surface area contributed by atoms with Crippen molar-refractivity contribution in [3.8, 4) is 11.5 Å². The number of benzene rings is 1. The van der Waals surface area contributed by atoms with Crippen molar-refractivity contribution in [3.05, 3.63) is 22.2 Å². The molecule has 0 aliphatic carbocycles. The van der Waals surface area contributed by atoms with Crippen LogP contribution in [0.3, 0.4) is 0 Å². The van der Waals surface area contributed by atoms with Gasteiger partial charge >= 0.3 is 0 Å². The zero-order valence-electron chi connectivity index (χ0n) is 11.8. The van der Waals surface area contributed by atoms with Crippen LogP contribution >= 0.6 is 15.9 Å². The minimum atomic E-state index is -0.751. The molecular weight excluding hydrogens is 326 g/mol. The topological polar surface area (TPSA) is 59.0 Å². The molecule has 0 unspecified atom stereocenters. The smallest absolute Gasteiger partial charge is 0.258 e. The Morgan fingerprint density at radius 1 is 1.40 bits per heavy atom. The lowest BCUT2D eigenvalue weighted by Crippen LogP contribution is -2.63. The van der Waals surface area contributed by atoms with E-state index in [2.05, 4.69) is 15.9 Å². The average molecular weight is 344 g/mol. The highest BCUT2D eigenvalue weighted by molar-refractivity contribution is 9.10. The summed E-state index contributed by atoms with van der Waals surface area (Å²) in [5.74, 6) is 0.884. The quantitative estimate of drug-likeness (QED) is 0.909. The van der Waals surface area contributed by atoms with E-state index in [1.54, 1.807) is 24.1 Å². The first-order valence-corrected chi connectivity index (χ1v) is 7.16. The summed E-state index contributed by atoms with van der Waals surface area (Å²) in [6.07, 6.45) is 0.635. The molecule has 2 rings (SSSR count). The van der Waals surface area contributed by atoms with Gasteiger partial charge in [-0.05, 0) is 34.5 Å². The van der Waals surface area contributed by atoms with E-state index in [1.165, 1.54) is 7.11 Å². The number of hydrogen-bond donors (Lipinski definition) is 1. The summed E-state index contributed by atoms with van der Waals surface area (Å²) in [7, 11) is 3.06. The van der Waals surface area contributed by atoms with Crippen LogP contribution in [0.1, 0.15) is 23.7 Å². The van der Waals surface area contributed by atoms with Gasteiger partial charge in [0.2, 0.25) is 0 Å². The van der Waals surface area contributed by atoms with Crippen molar-refractivity contribution in [1.82, 2.24) is 4.90 Å². The van der Waals surface area contributed by atoms with Crippen LogP contribution in [0.5, 0.6) is 11.5 Å². The molecule has 1 N–H and O–H groups in total. The summed E-state index contributed by atoms with van der Waals surface area (Å²) in [6, 6.07) is 3.39. The van der Waals surface area contributed by atoms with E-state index in [-0.39, 0.29) is 5.91 Å². The number of likely N-dealkylation sites (tertiary alicyclic amines) is 1. The molecular formula is C14H18BrNO4. The molecule has 20 heavy (non-hydrogen) atoms. The summed E-state index contributed by atoms with van der Waals surface area (Å²) in [4.78, 5) is 14.1. The van der Waals surface area contributed by atoms with Gasteiger partial charge in [-0.1, -0.05) is 6.92 Å². The Hall–Kier alpha value is -1.27. The maximum absolute atomic E-state index is 12.5. The lowest BCUT2D eigenvalue weighted by atomic mass is 9.90. The number of amides is 1. The van der Waals surface area contributed by atoms with Crippen LogP contribution in [-0.2, 0) is 0 Å². The third-order valence-electron chi connectivity index (χ3n) is 3.60. The number of ether oxygens (including phenoxy) is 2. The fourth-order valence-corrected chi connectivity index (χ4v) is 2.86. The monoisotopic (exact) mass is 343 g/mol. The van der Waals surface area contributed by atoms with Gasteiger partial charge in [0.25, 0.3) is 5.91 Å². The molecule has 1 amide bonds. The molecule has 1 aliphatic rings. The van der Waals surface area contributed by atoms with Gasteiger partial charge in [-0.25, -0.2) is 0 Å². The van der Waals surface area contributed by atoms with E-state index >= 15 is 0 Å². The molecule has 0 aromatic heterocycles. The fraction of sp³-hybridized carbons (Fsp3) is 0.500. The van der Waals surface area contributed by atoms with Crippen LogP contribution in [0, 0.1) is 0 Å². The van der Waals surface area contributed by atoms with Crippen molar-refractivity contribution in [1.29, 1.82) is 0 Å². The van der Waals surface area contributed by atoms with E-state index in [0.717, 1.165) is 0 Å². The number of nitrogens with zero attached hydrogens (tertiary/aromatic N) is 1. The Balaban J connectivity index is 2.28. The standard InChI is InChI=1S/C14H18BrNO4/c1-4-14(18)7-16(8-14)13(17)10-5-9(19-2)6-11(15)12(10)20-3/h5-6,18H,4,7-8H2,1-3H3. The van der Waals surface area contributed by atoms with E-state index in [9.17, 15) is 9.90 Å². The van der Waals surface area contributed by atoms with Gasteiger partial charge in [0.15, 0.2) is 0 Å². The van der Waals surface area contributed by atoms with Gasteiger partial charge in [0.1, 0.15) is 11.5 Å². The molecule has 0 radical (unpaired) electrons. The highest BCUT2D eigenvalue weighted by Crippen LogP contribution is 2.36. The first-order chi connectivity index (χ1) is 9.44. The van der Waals surface area contributed by atoms with Gasteiger partial charge in [-0.15, -0.1) is 0 Å². The first-order valence-electron chi connectivity index (χ1n) is 6.37. The van der Waals surface area contributed by atoms with Crippen LogP contribution in [-0.4, -0.2) is 48.8 Å². The van der Waals surface area contributed by atoms with Crippen LogP contribution in [0.4, 0.5) is 0 Å². The Morgan fingerprint density at radius 3 is 2.55 bits per heavy atom. The second-order valence-electron chi connectivity index (χ2n) is 4.93. The Morgan fingerprint density at radius 2 is 2.05 bits per heavy atom. The molecule has 6 heteroatoms. The van der Waals surface area contributed by atoms with Gasteiger partial charge in [0.05, 0.1) is 42.9 Å². The van der Waals surface area contributed by atoms with Crippen molar-refractivity contribution in [2.75, 3.05) is 27.3 Å². The summed E-state index contributed by atoms with van der Waals surface area (Å²) in [5.41, 5.74) is -0.323. The normalized spacial score (nSPS) is 16.6. The summed E-state index contributed by atoms with van der Waals surface area (Å²) >= 11 is 3.37. The van der Waals surface area contributed by atoms with E-state index in [4.69, 9.17) is 9.47 Å². The summed E-state index contributed by atoms with van der Waals surface area (Å²) in [6.45, 7) is 2.60. The lowest BCUT2D eigenvalue weighted by molar-refractivity contribution is -0.0827. The van der Waals surface area contributed by atoms with Crippen molar-refractivity contribution in [2.24, 2.45) is 0 Å². The van der Waals surface area contributed by atoms with Crippen LogP contribution in [0.15, 0.2) is 16.6 Å². The molecule has 110 valence electrons. The molecule has 5 nitrogen and oxygen atoms in total. The van der Waals surface area contributed by atoms with Crippen molar-refractivity contribution in [3.63, 3.8) is 0 Å².